The summed E-state index contributed by atoms with van der Waals surface area (Å²) < 4.78 is 11.3. The van der Waals surface area contributed by atoms with Crippen LogP contribution in [-0.4, -0.2) is 41.4 Å². The van der Waals surface area contributed by atoms with Crippen LogP contribution in [0.5, 0.6) is 0 Å². The van der Waals surface area contributed by atoms with Crippen LogP contribution >= 0.6 is 0 Å². The summed E-state index contributed by atoms with van der Waals surface area (Å²) in [6, 6.07) is 0. The van der Waals surface area contributed by atoms with E-state index in [1.165, 1.54) is 0 Å². The second kappa shape index (κ2) is 5.07. The van der Waals surface area contributed by atoms with Crippen molar-refractivity contribution in [3.63, 3.8) is 0 Å². The fourth-order valence-electron chi connectivity index (χ4n) is 1.86. The zero-order valence-corrected chi connectivity index (χ0v) is 8.90. The van der Waals surface area contributed by atoms with E-state index in [1.807, 2.05) is 13.8 Å². The summed E-state index contributed by atoms with van der Waals surface area (Å²) in [6.45, 7) is 3.99. The van der Waals surface area contributed by atoms with Crippen molar-refractivity contribution in [2.24, 2.45) is 0 Å². The first-order valence-electron chi connectivity index (χ1n) is 5.15. The molecule has 0 saturated carbocycles. The third kappa shape index (κ3) is 3.53. The first-order valence-corrected chi connectivity index (χ1v) is 5.15. The largest absolute Gasteiger partial charge is 0.396 e. The Morgan fingerprint density at radius 2 is 1.50 bits per heavy atom. The van der Waals surface area contributed by atoms with Crippen molar-refractivity contribution in [1.29, 1.82) is 0 Å². The zero-order valence-electron chi connectivity index (χ0n) is 8.90. The van der Waals surface area contributed by atoms with Crippen LogP contribution in [0.4, 0.5) is 0 Å². The molecule has 0 aromatic rings. The van der Waals surface area contributed by atoms with Crippen molar-refractivity contribution in [3.8, 4) is 0 Å². The highest BCUT2D eigenvalue weighted by atomic mass is 16.7. The standard InChI is InChI=1S/C10H20O4/c1-10(2)13-8(3-5-11)7-9(14-10)4-6-12/h8-9,11-12H,3-7H2,1-2H3/t8-,9+. The third-order valence-electron chi connectivity index (χ3n) is 2.33. The van der Waals surface area contributed by atoms with E-state index in [2.05, 4.69) is 0 Å². The van der Waals surface area contributed by atoms with E-state index in [-0.39, 0.29) is 25.4 Å². The lowest BCUT2D eigenvalue weighted by Gasteiger charge is -2.40. The molecule has 2 atom stereocenters. The van der Waals surface area contributed by atoms with Crippen LogP contribution in [0.15, 0.2) is 0 Å². The van der Waals surface area contributed by atoms with Gasteiger partial charge in [0.25, 0.3) is 0 Å². The quantitative estimate of drug-likeness (QED) is 0.706. The van der Waals surface area contributed by atoms with Gasteiger partial charge in [-0.25, -0.2) is 0 Å². The monoisotopic (exact) mass is 204 g/mol. The van der Waals surface area contributed by atoms with Crippen molar-refractivity contribution in [1.82, 2.24) is 0 Å². The van der Waals surface area contributed by atoms with E-state index < -0.39 is 5.79 Å². The van der Waals surface area contributed by atoms with Gasteiger partial charge in [0.15, 0.2) is 5.79 Å². The van der Waals surface area contributed by atoms with E-state index in [1.54, 1.807) is 0 Å². The lowest BCUT2D eigenvalue weighted by atomic mass is 10.0. The Labute approximate surface area is 84.8 Å². The topological polar surface area (TPSA) is 58.9 Å². The van der Waals surface area contributed by atoms with Crippen LogP contribution < -0.4 is 0 Å². The number of ether oxygens (including phenoxy) is 2. The van der Waals surface area contributed by atoms with Crippen LogP contribution in [-0.2, 0) is 9.47 Å². The van der Waals surface area contributed by atoms with Gasteiger partial charge in [-0.3, -0.25) is 0 Å². The minimum absolute atomic E-state index is 0.0419. The van der Waals surface area contributed by atoms with Crippen LogP contribution in [0.25, 0.3) is 0 Å². The van der Waals surface area contributed by atoms with Crippen LogP contribution in [0.2, 0.25) is 0 Å². The van der Waals surface area contributed by atoms with Crippen LogP contribution in [0.1, 0.15) is 33.1 Å². The molecule has 0 amide bonds. The van der Waals surface area contributed by atoms with E-state index in [4.69, 9.17) is 19.7 Å². The third-order valence-corrected chi connectivity index (χ3v) is 2.33. The SMILES string of the molecule is CC1(C)O[C@H](CCO)C[C@H](CCO)O1. The highest BCUT2D eigenvalue weighted by Gasteiger charge is 2.34. The Bertz CT molecular complexity index is 154. The molecule has 0 aromatic heterocycles. The molecule has 4 heteroatoms. The Kier molecular flexibility index (Phi) is 4.31. The Morgan fingerprint density at radius 1 is 1.07 bits per heavy atom. The van der Waals surface area contributed by atoms with Crippen molar-refractivity contribution < 1.29 is 19.7 Å². The second-order valence-corrected chi connectivity index (χ2v) is 4.14. The van der Waals surface area contributed by atoms with Gasteiger partial charge in [0, 0.05) is 19.6 Å². The summed E-state index contributed by atoms with van der Waals surface area (Å²) >= 11 is 0. The lowest BCUT2D eigenvalue weighted by molar-refractivity contribution is -0.302. The lowest BCUT2D eigenvalue weighted by Crippen LogP contribution is -2.45. The number of aliphatic hydroxyl groups excluding tert-OH is 2. The first-order chi connectivity index (χ1) is 6.57. The summed E-state index contributed by atoms with van der Waals surface area (Å²) in [4.78, 5) is 0. The minimum atomic E-state index is -0.599. The summed E-state index contributed by atoms with van der Waals surface area (Å²) in [6.07, 6.45) is 2.11. The molecule has 1 rings (SSSR count). The van der Waals surface area contributed by atoms with E-state index in [0.717, 1.165) is 6.42 Å². The van der Waals surface area contributed by atoms with Crippen molar-refractivity contribution in [2.45, 2.75) is 51.1 Å². The van der Waals surface area contributed by atoms with Crippen molar-refractivity contribution in [3.05, 3.63) is 0 Å². The average molecular weight is 204 g/mol. The molecule has 0 spiro atoms. The predicted octanol–water partition coefficient (Wildman–Crippen LogP) is 0.661. The van der Waals surface area contributed by atoms with Crippen LogP contribution in [0.3, 0.4) is 0 Å². The molecular weight excluding hydrogens is 184 g/mol. The maximum atomic E-state index is 8.83. The summed E-state index contributed by atoms with van der Waals surface area (Å²) in [7, 11) is 0. The number of aliphatic hydroxyl groups is 2. The Morgan fingerprint density at radius 3 is 1.86 bits per heavy atom. The molecular formula is C10H20O4. The van der Waals surface area contributed by atoms with Gasteiger partial charge in [0.05, 0.1) is 12.2 Å². The van der Waals surface area contributed by atoms with E-state index in [0.29, 0.717) is 12.8 Å². The molecule has 0 aromatic carbocycles. The molecule has 0 radical (unpaired) electrons. The molecule has 4 nitrogen and oxygen atoms in total. The van der Waals surface area contributed by atoms with E-state index >= 15 is 0 Å². The minimum Gasteiger partial charge on any atom is -0.396 e. The first kappa shape index (κ1) is 11.9. The van der Waals surface area contributed by atoms with Gasteiger partial charge in [-0.15, -0.1) is 0 Å². The number of hydrogen-bond acceptors (Lipinski definition) is 4. The molecule has 0 aliphatic carbocycles. The molecule has 1 aliphatic heterocycles. The van der Waals surface area contributed by atoms with Gasteiger partial charge in [-0.2, -0.15) is 0 Å². The van der Waals surface area contributed by atoms with Crippen molar-refractivity contribution in [2.75, 3.05) is 13.2 Å². The van der Waals surface area contributed by atoms with Gasteiger partial charge >= 0.3 is 0 Å². The average Bonchev–Trinajstić information content (AvgIpc) is 2.01. The smallest absolute Gasteiger partial charge is 0.163 e. The molecule has 0 unspecified atom stereocenters. The molecule has 1 saturated heterocycles. The normalized spacial score (nSPS) is 31.7. The molecule has 84 valence electrons. The summed E-state index contributed by atoms with van der Waals surface area (Å²) in [5, 5.41) is 17.7. The Hall–Kier alpha value is -0.160. The van der Waals surface area contributed by atoms with Crippen LogP contribution in [0, 0.1) is 0 Å². The summed E-state index contributed by atoms with van der Waals surface area (Å²) in [5.74, 6) is -0.599. The number of rotatable bonds is 4. The maximum Gasteiger partial charge on any atom is 0.163 e. The second-order valence-electron chi connectivity index (χ2n) is 4.14. The molecule has 1 aliphatic rings. The van der Waals surface area contributed by atoms with Gasteiger partial charge in [-0.1, -0.05) is 0 Å². The maximum absolute atomic E-state index is 8.83. The van der Waals surface area contributed by atoms with Crippen molar-refractivity contribution >= 4 is 0 Å². The number of hydrogen-bond donors (Lipinski definition) is 2. The highest BCUT2D eigenvalue weighted by molar-refractivity contribution is 4.76. The molecule has 1 heterocycles. The van der Waals surface area contributed by atoms with E-state index in [9.17, 15) is 0 Å². The van der Waals surface area contributed by atoms with Gasteiger partial charge in [0.2, 0.25) is 0 Å². The highest BCUT2D eigenvalue weighted by Crippen LogP contribution is 2.29. The zero-order chi connectivity index (χ0) is 10.6. The Balaban J connectivity index is 2.48. The molecule has 2 N–H and O–H groups in total. The molecule has 14 heavy (non-hydrogen) atoms. The fourth-order valence-corrected chi connectivity index (χ4v) is 1.86. The summed E-state index contributed by atoms with van der Waals surface area (Å²) in [5.41, 5.74) is 0. The molecule has 0 bridgehead atoms. The van der Waals surface area contributed by atoms with Gasteiger partial charge in [0.1, 0.15) is 0 Å². The predicted molar refractivity (Wildman–Crippen MR) is 51.8 cm³/mol. The molecule has 1 fully saturated rings. The fraction of sp³-hybridized carbons (Fsp3) is 1.00. The van der Waals surface area contributed by atoms with Gasteiger partial charge < -0.3 is 19.7 Å². The van der Waals surface area contributed by atoms with Gasteiger partial charge in [-0.05, 0) is 26.7 Å².